The Morgan fingerprint density at radius 3 is 1.36 bits per heavy atom. The van der Waals surface area contributed by atoms with E-state index in [0.717, 1.165) is 51.4 Å². The van der Waals surface area contributed by atoms with E-state index in [9.17, 15) is 10.5 Å². The Morgan fingerprint density at radius 2 is 0.972 bits per heavy atom. The molecule has 2 atom stereocenters. The van der Waals surface area contributed by atoms with Crippen molar-refractivity contribution in [1.29, 1.82) is 10.5 Å². The molecule has 0 spiro atoms. The van der Waals surface area contributed by atoms with Gasteiger partial charge in [-0.25, -0.2) is 0 Å². The van der Waals surface area contributed by atoms with E-state index in [0.29, 0.717) is 5.92 Å². The molecule has 36 heavy (non-hydrogen) atoms. The first-order chi connectivity index (χ1) is 17.6. The molecule has 0 bridgehead atoms. The number of hydrogen-bond acceptors (Lipinski definition) is 2. The summed E-state index contributed by atoms with van der Waals surface area (Å²) in [6.07, 6.45) is 15.5. The summed E-state index contributed by atoms with van der Waals surface area (Å²) in [5, 5.41) is 19.1. The van der Waals surface area contributed by atoms with Gasteiger partial charge >= 0.3 is 0 Å². The quantitative estimate of drug-likeness (QED) is 0.198. The molecule has 0 saturated carbocycles. The molecular formula is C34H48N2. The van der Waals surface area contributed by atoms with E-state index < -0.39 is 0 Å². The number of hydrogen-bond donors (Lipinski definition) is 0. The molecule has 2 aromatic carbocycles. The first kappa shape index (κ1) is 29.6. The van der Waals surface area contributed by atoms with Gasteiger partial charge in [-0.05, 0) is 73.6 Å². The summed E-state index contributed by atoms with van der Waals surface area (Å²) in [6, 6.07) is 22.9. The Kier molecular flexibility index (Phi) is 14.6. The van der Waals surface area contributed by atoms with Crippen molar-refractivity contribution in [2.75, 3.05) is 0 Å². The normalized spacial score (nSPS) is 13.5. The first-order valence-electron chi connectivity index (χ1n) is 14.6. The molecule has 0 N–H and O–H groups in total. The highest BCUT2D eigenvalue weighted by atomic mass is 14.3. The zero-order chi connectivity index (χ0) is 26.0. The van der Waals surface area contributed by atoms with Crippen molar-refractivity contribution in [3.05, 3.63) is 70.8 Å². The summed E-state index contributed by atoms with van der Waals surface area (Å²) in [4.78, 5) is 0. The number of benzene rings is 2. The van der Waals surface area contributed by atoms with E-state index in [1.54, 1.807) is 0 Å². The van der Waals surface area contributed by atoms with Gasteiger partial charge in [0.05, 0.1) is 12.1 Å². The smallest absolute Gasteiger partial charge is 0.0655 e. The van der Waals surface area contributed by atoms with Crippen LogP contribution in [0.2, 0.25) is 0 Å². The standard InChI is InChI=1S/C34H48N2/c1-4-6-8-16-29(26-35)18-14-22-31-20-10-12-24-33(31)28(3)34-25-13-11-21-32(34)23-15-19-30(27-36)17-9-7-5-2/h10-13,20-21,24-25,28-30H,4-9,14-19,22-23H2,1-3H3. The van der Waals surface area contributed by atoms with Gasteiger partial charge in [0.15, 0.2) is 0 Å². The maximum absolute atomic E-state index is 9.55. The van der Waals surface area contributed by atoms with E-state index in [1.807, 2.05) is 0 Å². The van der Waals surface area contributed by atoms with Gasteiger partial charge in [0, 0.05) is 17.8 Å². The largest absolute Gasteiger partial charge is 0.198 e. The molecule has 2 rings (SSSR count). The van der Waals surface area contributed by atoms with E-state index in [2.05, 4.69) is 81.4 Å². The van der Waals surface area contributed by atoms with Gasteiger partial charge in [-0.2, -0.15) is 10.5 Å². The molecule has 0 amide bonds. The van der Waals surface area contributed by atoms with Crippen molar-refractivity contribution in [2.24, 2.45) is 11.8 Å². The minimum atomic E-state index is 0.195. The van der Waals surface area contributed by atoms with Crippen molar-refractivity contribution in [3.8, 4) is 12.1 Å². The number of nitriles is 2. The summed E-state index contributed by atoms with van der Waals surface area (Å²) < 4.78 is 0. The lowest BCUT2D eigenvalue weighted by molar-refractivity contribution is 0.499. The van der Waals surface area contributed by atoms with Crippen LogP contribution in [0.1, 0.15) is 126 Å². The van der Waals surface area contributed by atoms with Gasteiger partial charge in [0.25, 0.3) is 0 Å². The molecule has 0 heterocycles. The maximum Gasteiger partial charge on any atom is 0.0655 e. The van der Waals surface area contributed by atoms with E-state index in [4.69, 9.17) is 0 Å². The third-order valence-corrected chi connectivity index (χ3v) is 7.72. The Hall–Kier alpha value is -2.58. The SMILES string of the molecule is CCCCCC(C#N)CCCc1ccccc1C(C)c1ccccc1CCCC(C#N)CCCCC. The van der Waals surface area contributed by atoms with Crippen LogP contribution < -0.4 is 0 Å². The van der Waals surface area contributed by atoms with Crippen LogP contribution in [0.3, 0.4) is 0 Å². The summed E-state index contributed by atoms with van der Waals surface area (Å²) in [5.74, 6) is 0.729. The average molecular weight is 485 g/mol. The molecule has 0 aliphatic carbocycles. The highest BCUT2D eigenvalue weighted by molar-refractivity contribution is 5.41. The molecule has 0 aromatic heterocycles. The summed E-state index contributed by atoms with van der Waals surface area (Å²) in [7, 11) is 0. The number of aryl methyl sites for hydroxylation is 2. The third-order valence-electron chi connectivity index (χ3n) is 7.72. The lowest BCUT2D eigenvalue weighted by Gasteiger charge is -2.21. The van der Waals surface area contributed by atoms with Crippen LogP contribution in [-0.4, -0.2) is 0 Å². The topological polar surface area (TPSA) is 47.6 Å². The second-order valence-electron chi connectivity index (χ2n) is 10.5. The number of unbranched alkanes of at least 4 members (excludes halogenated alkanes) is 4. The number of rotatable bonds is 18. The van der Waals surface area contributed by atoms with E-state index in [1.165, 1.54) is 60.8 Å². The number of nitrogens with zero attached hydrogens (tertiary/aromatic N) is 2. The Labute approximate surface area is 221 Å². The molecule has 194 valence electrons. The molecular weight excluding hydrogens is 436 g/mol. The molecule has 0 saturated heterocycles. The van der Waals surface area contributed by atoms with Gasteiger partial charge in [0.1, 0.15) is 0 Å². The van der Waals surface area contributed by atoms with Crippen LogP contribution in [0.25, 0.3) is 0 Å². The zero-order valence-electron chi connectivity index (χ0n) is 23.1. The fraction of sp³-hybridized carbons (Fsp3) is 0.588. The molecule has 2 nitrogen and oxygen atoms in total. The van der Waals surface area contributed by atoms with Crippen LogP contribution in [0.4, 0.5) is 0 Å². The van der Waals surface area contributed by atoms with Gasteiger partial charge in [0.2, 0.25) is 0 Å². The summed E-state index contributed by atoms with van der Waals surface area (Å²) in [6.45, 7) is 6.77. The van der Waals surface area contributed by atoms with Gasteiger partial charge < -0.3 is 0 Å². The molecule has 2 unspecified atom stereocenters. The van der Waals surface area contributed by atoms with E-state index in [-0.39, 0.29) is 11.8 Å². The lowest BCUT2D eigenvalue weighted by atomic mass is 9.84. The Balaban J connectivity index is 2.01. The molecule has 0 aliphatic heterocycles. The molecule has 2 aromatic rings. The monoisotopic (exact) mass is 484 g/mol. The summed E-state index contributed by atoms with van der Waals surface area (Å²) in [5.41, 5.74) is 5.67. The maximum atomic E-state index is 9.55. The zero-order valence-corrected chi connectivity index (χ0v) is 23.1. The van der Waals surface area contributed by atoms with Crippen molar-refractivity contribution < 1.29 is 0 Å². The minimum Gasteiger partial charge on any atom is -0.198 e. The molecule has 0 fully saturated rings. The minimum absolute atomic E-state index is 0.195. The van der Waals surface area contributed by atoms with Crippen LogP contribution in [0.15, 0.2) is 48.5 Å². The van der Waals surface area contributed by atoms with Crippen LogP contribution >= 0.6 is 0 Å². The van der Waals surface area contributed by atoms with Crippen molar-refractivity contribution in [3.63, 3.8) is 0 Å². The van der Waals surface area contributed by atoms with Gasteiger partial charge in [-0.3, -0.25) is 0 Å². The van der Waals surface area contributed by atoms with Crippen LogP contribution in [0, 0.1) is 34.5 Å². The van der Waals surface area contributed by atoms with E-state index >= 15 is 0 Å². The highest BCUT2D eigenvalue weighted by Crippen LogP contribution is 2.31. The Morgan fingerprint density at radius 1 is 0.583 bits per heavy atom. The highest BCUT2D eigenvalue weighted by Gasteiger charge is 2.17. The third kappa shape index (κ3) is 10.2. The average Bonchev–Trinajstić information content (AvgIpc) is 2.91. The fourth-order valence-corrected chi connectivity index (χ4v) is 5.44. The van der Waals surface area contributed by atoms with Crippen LogP contribution in [0.5, 0.6) is 0 Å². The van der Waals surface area contributed by atoms with Gasteiger partial charge in [-0.1, -0.05) is 108 Å². The lowest BCUT2D eigenvalue weighted by Crippen LogP contribution is -2.06. The fourth-order valence-electron chi connectivity index (χ4n) is 5.44. The second-order valence-corrected chi connectivity index (χ2v) is 10.5. The molecule has 0 radical (unpaired) electrons. The summed E-state index contributed by atoms with van der Waals surface area (Å²) >= 11 is 0. The van der Waals surface area contributed by atoms with Crippen molar-refractivity contribution in [2.45, 2.75) is 117 Å². The molecule has 0 aliphatic rings. The van der Waals surface area contributed by atoms with Gasteiger partial charge in [-0.15, -0.1) is 0 Å². The predicted molar refractivity (Wildman–Crippen MR) is 153 cm³/mol. The Bertz CT molecular complexity index is 871. The molecule has 2 heteroatoms. The van der Waals surface area contributed by atoms with Crippen molar-refractivity contribution in [1.82, 2.24) is 0 Å². The van der Waals surface area contributed by atoms with Crippen LogP contribution in [-0.2, 0) is 12.8 Å². The van der Waals surface area contributed by atoms with Crippen molar-refractivity contribution >= 4 is 0 Å². The second kappa shape index (κ2) is 17.8. The first-order valence-corrected chi connectivity index (χ1v) is 14.6. The predicted octanol–water partition coefficient (Wildman–Crippen LogP) is 9.92.